The summed E-state index contributed by atoms with van der Waals surface area (Å²) in [6, 6.07) is 6.01. The monoisotopic (exact) mass is 220 g/mol. The molecule has 1 unspecified atom stereocenters. The van der Waals surface area contributed by atoms with Crippen molar-refractivity contribution in [2.75, 3.05) is 0 Å². The molecular weight excluding hydrogens is 211 g/mol. The van der Waals surface area contributed by atoms with E-state index >= 15 is 0 Å². The van der Waals surface area contributed by atoms with E-state index in [0.29, 0.717) is 12.0 Å². The normalized spacial score (nSPS) is 11.6. The second kappa shape index (κ2) is 6.48. The standard InChI is InChI=1S/C9H10O3S.Na/c1-2-9(10)7-4-3-5-8(6-7)13(11)12;/h3-6H,2H2,1H3,(H,11,12);/q;+1/p-1. The van der Waals surface area contributed by atoms with Crippen LogP contribution >= 0.6 is 0 Å². The van der Waals surface area contributed by atoms with Crippen LogP contribution in [0.3, 0.4) is 0 Å². The van der Waals surface area contributed by atoms with Gasteiger partial charge in [-0.25, -0.2) is 0 Å². The molecule has 1 rings (SSSR count). The number of hydrogen-bond donors (Lipinski definition) is 0. The van der Waals surface area contributed by atoms with E-state index in [4.69, 9.17) is 0 Å². The Bertz CT molecular complexity index is 352. The number of carbonyl (C=O) groups excluding carboxylic acids is 1. The summed E-state index contributed by atoms with van der Waals surface area (Å²) in [4.78, 5) is 11.3. The molecule has 0 aromatic heterocycles. The molecule has 0 saturated heterocycles. The zero-order chi connectivity index (χ0) is 9.84. The molecule has 3 nitrogen and oxygen atoms in total. The van der Waals surface area contributed by atoms with E-state index in [2.05, 4.69) is 0 Å². The second-order valence-corrected chi connectivity index (χ2v) is 3.48. The van der Waals surface area contributed by atoms with Crippen molar-refractivity contribution in [2.45, 2.75) is 18.2 Å². The van der Waals surface area contributed by atoms with Gasteiger partial charge >= 0.3 is 29.6 Å². The molecule has 0 heterocycles. The largest absolute Gasteiger partial charge is 1.00 e. The number of benzene rings is 1. The van der Waals surface area contributed by atoms with Crippen LogP contribution in [-0.4, -0.2) is 14.5 Å². The zero-order valence-corrected chi connectivity index (χ0v) is 11.0. The molecule has 1 aromatic rings. The van der Waals surface area contributed by atoms with Crippen LogP contribution in [0.5, 0.6) is 0 Å². The van der Waals surface area contributed by atoms with Crippen LogP contribution < -0.4 is 29.6 Å². The van der Waals surface area contributed by atoms with Gasteiger partial charge in [-0.3, -0.25) is 9.00 Å². The maximum Gasteiger partial charge on any atom is 1.00 e. The summed E-state index contributed by atoms with van der Waals surface area (Å²) in [5.41, 5.74) is 0.448. The first-order valence-electron chi connectivity index (χ1n) is 3.87. The first-order chi connectivity index (χ1) is 6.15. The average Bonchev–Trinajstić information content (AvgIpc) is 2.17. The fourth-order valence-corrected chi connectivity index (χ4v) is 1.39. The first kappa shape index (κ1) is 14.0. The first-order valence-corrected chi connectivity index (χ1v) is 4.95. The third-order valence-electron chi connectivity index (χ3n) is 1.67. The molecule has 0 aliphatic carbocycles. The van der Waals surface area contributed by atoms with Gasteiger partial charge in [-0.1, -0.05) is 19.1 Å². The fourth-order valence-electron chi connectivity index (χ4n) is 0.977. The van der Waals surface area contributed by atoms with Gasteiger partial charge in [-0.15, -0.1) is 0 Å². The van der Waals surface area contributed by atoms with E-state index in [-0.39, 0.29) is 40.2 Å². The van der Waals surface area contributed by atoms with Crippen molar-refractivity contribution in [2.24, 2.45) is 0 Å². The fraction of sp³-hybridized carbons (Fsp3) is 0.222. The van der Waals surface area contributed by atoms with Crippen molar-refractivity contribution in [3.63, 3.8) is 0 Å². The van der Waals surface area contributed by atoms with E-state index in [1.807, 2.05) is 0 Å². The van der Waals surface area contributed by atoms with E-state index < -0.39 is 11.1 Å². The number of rotatable bonds is 3. The van der Waals surface area contributed by atoms with Gasteiger partial charge in [0, 0.05) is 16.9 Å². The Morgan fingerprint density at radius 3 is 2.64 bits per heavy atom. The Labute approximate surface area is 107 Å². The molecule has 0 amide bonds. The summed E-state index contributed by atoms with van der Waals surface area (Å²) in [6.07, 6.45) is 0.384. The van der Waals surface area contributed by atoms with Crippen molar-refractivity contribution in [1.29, 1.82) is 0 Å². The Kier molecular flexibility index (Phi) is 6.48. The Hall–Kier alpha value is 0. The molecule has 1 aromatic carbocycles. The third-order valence-corrected chi connectivity index (χ3v) is 2.31. The van der Waals surface area contributed by atoms with Gasteiger partial charge in [0.1, 0.15) is 0 Å². The van der Waals surface area contributed by atoms with Crippen molar-refractivity contribution in [3.05, 3.63) is 29.8 Å². The minimum absolute atomic E-state index is 0. The summed E-state index contributed by atoms with van der Waals surface area (Å²) in [6.45, 7) is 1.74. The van der Waals surface area contributed by atoms with Gasteiger partial charge in [0.25, 0.3) is 0 Å². The molecule has 1 atom stereocenters. The molecule has 0 spiro atoms. The van der Waals surface area contributed by atoms with Gasteiger partial charge in [0.15, 0.2) is 5.78 Å². The van der Waals surface area contributed by atoms with Crippen LogP contribution in [-0.2, 0) is 11.1 Å². The van der Waals surface area contributed by atoms with Crippen molar-refractivity contribution in [3.8, 4) is 0 Å². The topological polar surface area (TPSA) is 57.2 Å². The molecule has 0 N–H and O–H groups in total. The predicted molar refractivity (Wildman–Crippen MR) is 48.2 cm³/mol. The van der Waals surface area contributed by atoms with Gasteiger partial charge in [0.2, 0.25) is 0 Å². The van der Waals surface area contributed by atoms with Crippen LogP contribution in [0.15, 0.2) is 29.2 Å². The Balaban J connectivity index is 0.00000169. The average molecular weight is 220 g/mol. The number of Topliss-reactive ketones (excluding diaryl/α,β-unsaturated/α-hetero) is 1. The molecule has 5 heteroatoms. The molecule has 0 aliphatic rings. The van der Waals surface area contributed by atoms with E-state index in [0.717, 1.165) is 0 Å². The van der Waals surface area contributed by atoms with Crippen LogP contribution in [0, 0.1) is 0 Å². The summed E-state index contributed by atoms with van der Waals surface area (Å²) in [5.74, 6) is -0.0488. The summed E-state index contributed by atoms with van der Waals surface area (Å²) < 4.78 is 21.1. The van der Waals surface area contributed by atoms with Crippen LogP contribution in [0.2, 0.25) is 0 Å². The molecular formula is C9H9NaO3S. The number of carbonyl (C=O) groups is 1. The van der Waals surface area contributed by atoms with E-state index in [9.17, 15) is 13.6 Å². The maximum absolute atomic E-state index is 11.2. The predicted octanol–water partition coefficient (Wildman–Crippen LogP) is -1.48. The molecule has 14 heavy (non-hydrogen) atoms. The summed E-state index contributed by atoms with van der Waals surface area (Å²) in [5, 5.41) is 0. The molecule has 0 saturated carbocycles. The van der Waals surface area contributed by atoms with Crippen molar-refractivity contribution >= 4 is 16.9 Å². The van der Waals surface area contributed by atoms with E-state index in [1.165, 1.54) is 12.1 Å². The van der Waals surface area contributed by atoms with Crippen molar-refractivity contribution < 1.29 is 43.1 Å². The second-order valence-electron chi connectivity index (χ2n) is 2.54. The van der Waals surface area contributed by atoms with Crippen LogP contribution in [0.25, 0.3) is 0 Å². The van der Waals surface area contributed by atoms with Gasteiger partial charge in [-0.05, 0) is 23.2 Å². The van der Waals surface area contributed by atoms with Crippen molar-refractivity contribution in [1.82, 2.24) is 0 Å². The minimum Gasteiger partial charge on any atom is -0.768 e. The minimum atomic E-state index is -2.26. The molecule has 70 valence electrons. The third kappa shape index (κ3) is 3.63. The molecule has 0 bridgehead atoms. The van der Waals surface area contributed by atoms with Gasteiger partial charge < -0.3 is 4.55 Å². The van der Waals surface area contributed by atoms with Crippen LogP contribution in [0.4, 0.5) is 0 Å². The SMILES string of the molecule is CCC(=O)c1cccc(S(=O)[O-])c1.[Na+]. The summed E-state index contributed by atoms with van der Waals surface area (Å²) in [7, 11) is 0. The molecule has 0 radical (unpaired) electrons. The maximum atomic E-state index is 11.2. The number of hydrogen-bond acceptors (Lipinski definition) is 3. The Morgan fingerprint density at radius 1 is 1.50 bits per heavy atom. The number of ketones is 1. The van der Waals surface area contributed by atoms with Gasteiger partial charge in [0.05, 0.1) is 0 Å². The summed E-state index contributed by atoms with van der Waals surface area (Å²) >= 11 is -2.26. The zero-order valence-electron chi connectivity index (χ0n) is 8.15. The Morgan fingerprint density at radius 2 is 2.14 bits per heavy atom. The smallest absolute Gasteiger partial charge is 0.768 e. The van der Waals surface area contributed by atoms with Crippen LogP contribution in [0.1, 0.15) is 23.7 Å². The van der Waals surface area contributed by atoms with E-state index in [1.54, 1.807) is 19.1 Å². The molecule has 0 fully saturated rings. The van der Waals surface area contributed by atoms with Gasteiger partial charge in [-0.2, -0.15) is 0 Å². The quantitative estimate of drug-likeness (QED) is 0.355. The molecule has 0 aliphatic heterocycles.